The van der Waals surface area contributed by atoms with Crippen LogP contribution in [0.3, 0.4) is 0 Å². The summed E-state index contributed by atoms with van der Waals surface area (Å²) in [4.78, 5) is 24.9. The highest BCUT2D eigenvalue weighted by Crippen LogP contribution is 2.18. The van der Waals surface area contributed by atoms with Gasteiger partial charge < -0.3 is 5.32 Å². The molecule has 2 aromatic carbocycles. The standard InChI is InChI=1S/C19H14ClN5O2S/c20-13-5-4-6-14(11-13)21-16(26)12-28-19-23-22-17-18(27)24(9-10-25(17)19)15-7-2-1-3-8-15/h1-11H,12H2,(H,21,26). The van der Waals surface area contributed by atoms with E-state index in [0.717, 1.165) is 5.69 Å². The minimum Gasteiger partial charge on any atom is -0.325 e. The summed E-state index contributed by atoms with van der Waals surface area (Å²) < 4.78 is 3.09. The maximum atomic E-state index is 12.7. The van der Waals surface area contributed by atoms with Gasteiger partial charge in [0.25, 0.3) is 0 Å². The van der Waals surface area contributed by atoms with Gasteiger partial charge in [-0.3, -0.25) is 18.6 Å². The van der Waals surface area contributed by atoms with Gasteiger partial charge in [0, 0.05) is 28.8 Å². The van der Waals surface area contributed by atoms with Gasteiger partial charge in [0.15, 0.2) is 5.16 Å². The van der Waals surface area contributed by atoms with Crippen LogP contribution in [-0.4, -0.2) is 30.8 Å². The molecular weight excluding hydrogens is 398 g/mol. The van der Waals surface area contributed by atoms with Gasteiger partial charge in [-0.05, 0) is 30.3 Å². The molecule has 28 heavy (non-hydrogen) atoms. The number of rotatable bonds is 5. The van der Waals surface area contributed by atoms with E-state index in [-0.39, 0.29) is 22.9 Å². The molecule has 0 atom stereocenters. The highest BCUT2D eigenvalue weighted by molar-refractivity contribution is 7.99. The van der Waals surface area contributed by atoms with Crippen molar-refractivity contribution in [2.75, 3.05) is 11.1 Å². The largest absolute Gasteiger partial charge is 0.325 e. The van der Waals surface area contributed by atoms with E-state index < -0.39 is 0 Å². The number of aromatic nitrogens is 4. The third-order valence-corrected chi connectivity index (χ3v) is 5.09. The molecule has 0 bridgehead atoms. The summed E-state index contributed by atoms with van der Waals surface area (Å²) in [6.45, 7) is 0. The first kappa shape index (κ1) is 18.3. The second-order valence-electron chi connectivity index (χ2n) is 5.83. The maximum Gasteiger partial charge on any atom is 0.300 e. The van der Waals surface area contributed by atoms with Gasteiger partial charge in [0.2, 0.25) is 11.6 Å². The predicted octanol–water partition coefficient (Wildman–Crippen LogP) is 3.26. The van der Waals surface area contributed by atoms with Crippen molar-refractivity contribution in [1.82, 2.24) is 19.2 Å². The Labute approximate surface area is 169 Å². The quantitative estimate of drug-likeness (QED) is 0.510. The molecule has 2 heterocycles. The summed E-state index contributed by atoms with van der Waals surface area (Å²) in [5, 5.41) is 11.8. The molecule has 7 nitrogen and oxygen atoms in total. The van der Waals surface area contributed by atoms with Gasteiger partial charge in [-0.1, -0.05) is 47.6 Å². The third-order valence-electron chi connectivity index (χ3n) is 3.91. The van der Waals surface area contributed by atoms with Crippen LogP contribution in [0.5, 0.6) is 0 Å². The van der Waals surface area contributed by atoms with Crippen LogP contribution in [0.15, 0.2) is 76.9 Å². The van der Waals surface area contributed by atoms with Gasteiger partial charge >= 0.3 is 5.56 Å². The Morgan fingerprint density at radius 3 is 2.68 bits per heavy atom. The minimum atomic E-state index is -0.281. The lowest BCUT2D eigenvalue weighted by Gasteiger charge is -2.06. The Hall–Kier alpha value is -3.10. The molecular formula is C19H14ClN5O2S. The normalized spacial score (nSPS) is 10.9. The molecule has 9 heteroatoms. The topological polar surface area (TPSA) is 81.3 Å². The van der Waals surface area contributed by atoms with E-state index in [4.69, 9.17) is 11.6 Å². The van der Waals surface area contributed by atoms with Crippen molar-refractivity contribution in [1.29, 1.82) is 0 Å². The van der Waals surface area contributed by atoms with Gasteiger partial charge in [-0.15, -0.1) is 10.2 Å². The third kappa shape index (κ3) is 3.78. The average molecular weight is 412 g/mol. The second kappa shape index (κ2) is 7.87. The minimum absolute atomic E-state index is 0.120. The molecule has 4 aromatic rings. The molecule has 1 amide bonds. The number of hydrogen-bond donors (Lipinski definition) is 1. The van der Waals surface area contributed by atoms with E-state index in [9.17, 15) is 9.59 Å². The SMILES string of the molecule is O=C(CSc1nnc2c(=O)n(-c3ccccc3)ccn12)Nc1cccc(Cl)c1. The Morgan fingerprint density at radius 2 is 1.89 bits per heavy atom. The number of benzene rings is 2. The van der Waals surface area contributed by atoms with Crippen LogP contribution in [0, 0.1) is 0 Å². The molecule has 0 aliphatic heterocycles. The highest BCUT2D eigenvalue weighted by Gasteiger charge is 2.13. The fourth-order valence-corrected chi connectivity index (χ4v) is 3.56. The number of hydrogen-bond acceptors (Lipinski definition) is 5. The average Bonchev–Trinajstić information content (AvgIpc) is 3.11. The van der Waals surface area contributed by atoms with Crippen LogP contribution in [-0.2, 0) is 4.79 Å². The summed E-state index contributed by atoms with van der Waals surface area (Å²) in [6.07, 6.45) is 3.37. The van der Waals surface area contributed by atoms with Crippen LogP contribution in [0.2, 0.25) is 5.02 Å². The van der Waals surface area contributed by atoms with Crippen LogP contribution in [0.25, 0.3) is 11.3 Å². The Kier molecular flexibility index (Phi) is 5.14. The summed E-state index contributed by atoms with van der Waals surface area (Å²) in [6, 6.07) is 16.2. The van der Waals surface area contributed by atoms with E-state index in [0.29, 0.717) is 15.9 Å². The zero-order valence-electron chi connectivity index (χ0n) is 14.4. The van der Waals surface area contributed by atoms with Crippen LogP contribution < -0.4 is 10.9 Å². The summed E-state index contributed by atoms with van der Waals surface area (Å²) in [7, 11) is 0. The van der Waals surface area contributed by atoms with E-state index in [1.165, 1.54) is 16.3 Å². The lowest BCUT2D eigenvalue weighted by atomic mass is 10.3. The lowest BCUT2D eigenvalue weighted by Crippen LogP contribution is -2.20. The Morgan fingerprint density at radius 1 is 1.07 bits per heavy atom. The summed E-state index contributed by atoms with van der Waals surface area (Å²) in [5.74, 6) is -0.0867. The Balaban J connectivity index is 1.51. The first-order valence-corrected chi connectivity index (χ1v) is 9.68. The number of fused-ring (bicyclic) bond motifs is 1. The fourth-order valence-electron chi connectivity index (χ4n) is 2.65. The number of carbonyl (C=O) groups is 1. The molecule has 0 fully saturated rings. The van der Waals surface area contributed by atoms with Crippen molar-refractivity contribution in [3.63, 3.8) is 0 Å². The van der Waals surface area contributed by atoms with Crippen LogP contribution in [0.4, 0.5) is 5.69 Å². The van der Waals surface area contributed by atoms with Crippen molar-refractivity contribution < 1.29 is 4.79 Å². The van der Waals surface area contributed by atoms with E-state index in [2.05, 4.69) is 15.5 Å². The number of carbonyl (C=O) groups excluding carboxylic acids is 1. The number of nitrogens with one attached hydrogen (secondary N) is 1. The molecule has 0 unspecified atom stereocenters. The monoisotopic (exact) mass is 411 g/mol. The molecule has 1 N–H and O–H groups in total. The molecule has 0 radical (unpaired) electrons. The zero-order valence-corrected chi connectivity index (χ0v) is 16.0. The second-order valence-corrected chi connectivity index (χ2v) is 7.21. The number of nitrogens with zero attached hydrogens (tertiary/aromatic N) is 4. The van der Waals surface area contributed by atoms with E-state index >= 15 is 0 Å². The smallest absolute Gasteiger partial charge is 0.300 e. The summed E-state index contributed by atoms with van der Waals surface area (Å²) in [5.41, 5.74) is 1.28. The molecule has 0 aliphatic carbocycles. The Bertz CT molecular complexity index is 1210. The number of para-hydroxylation sites is 1. The van der Waals surface area contributed by atoms with E-state index in [1.54, 1.807) is 41.1 Å². The molecule has 4 rings (SSSR count). The fraction of sp³-hybridized carbons (Fsp3) is 0.0526. The predicted molar refractivity (Wildman–Crippen MR) is 109 cm³/mol. The lowest BCUT2D eigenvalue weighted by molar-refractivity contribution is -0.113. The maximum absolute atomic E-state index is 12.7. The van der Waals surface area contributed by atoms with Crippen molar-refractivity contribution in [3.05, 3.63) is 82.4 Å². The molecule has 2 aromatic heterocycles. The molecule has 0 saturated heterocycles. The number of halogens is 1. The van der Waals surface area contributed by atoms with Crippen LogP contribution >= 0.6 is 23.4 Å². The molecule has 0 spiro atoms. The first-order valence-electron chi connectivity index (χ1n) is 8.32. The molecule has 0 aliphatic rings. The highest BCUT2D eigenvalue weighted by atomic mass is 35.5. The van der Waals surface area contributed by atoms with Crippen molar-refractivity contribution in [2.24, 2.45) is 0 Å². The molecule has 0 saturated carbocycles. The van der Waals surface area contributed by atoms with Crippen molar-refractivity contribution in [2.45, 2.75) is 5.16 Å². The summed E-state index contributed by atoms with van der Waals surface area (Å²) >= 11 is 7.11. The van der Waals surface area contributed by atoms with Gasteiger partial charge in [-0.2, -0.15) is 0 Å². The van der Waals surface area contributed by atoms with Gasteiger partial charge in [0.1, 0.15) is 0 Å². The van der Waals surface area contributed by atoms with Gasteiger partial charge in [-0.25, -0.2) is 0 Å². The number of anilines is 1. The van der Waals surface area contributed by atoms with E-state index in [1.807, 2.05) is 30.3 Å². The first-order chi connectivity index (χ1) is 13.6. The molecule has 140 valence electrons. The number of thioether (sulfide) groups is 1. The van der Waals surface area contributed by atoms with Crippen molar-refractivity contribution in [3.8, 4) is 5.69 Å². The van der Waals surface area contributed by atoms with Gasteiger partial charge in [0.05, 0.1) is 5.75 Å². The number of amides is 1. The van der Waals surface area contributed by atoms with Crippen LogP contribution in [0.1, 0.15) is 0 Å². The zero-order chi connectivity index (χ0) is 19.5. The van der Waals surface area contributed by atoms with Crippen molar-refractivity contribution >= 4 is 40.6 Å².